The quantitative estimate of drug-likeness (QED) is 0.785. The van der Waals surface area contributed by atoms with Crippen LogP contribution in [0.1, 0.15) is 26.2 Å². The van der Waals surface area contributed by atoms with Crippen molar-refractivity contribution >= 4 is 11.7 Å². The summed E-state index contributed by atoms with van der Waals surface area (Å²) in [6.07, 6.45) is 6.87. The Hall–Kier alpha value is -2.54. The molecule has 3 rings (SSSR count). The summed E-state index contributed by atoms with van der Waals surface area (Å²) in [7, 11) is 2.14. The lowest BCUT2D eigenvalue weighted by atomic mass is 10.1. The molecule has 0 saturated carbocycles. The molecule has 7 heteroatoms. The van der Waals surface area contributed by atoms with Gasteiger partial charge >= 0.3 is 6.03 Å². The number of nitrogens with one attached hydrogen (secondary N) is 2. The summed E-state index contributed by atoms with van der Waals surface area (Å²) in [5.74, 6) is 0.850. The minimum atomic E-state index is -0.202. The molecular formula is C20H29N5O2. The van der Waals surface area contributed by atoms with Crippen LogP contribution in [-0.2, 0) is 6.54 Å². The van der Waals surface area contributed by atoms with Gasteiger partial charge in [0.15, 0.2) is 0 Å². The highest BCUT2D eigenvalue weighted by molar-refractivity contribution is 5.89. The normalized spacial score (nSPS) is 16.7. The molecule has 27 heavy (non-hydrogen) atoms. The highest BCUT2D eigenvalue weighted by atomic mass is 16.5. The maximum atomic E-state index is 12.1. The number of aryl methyl sites for hydroxylation is 1. The Balaban J connectivity index is 1.40. The van der Waals surface area contributed by atoms with E-state index < -0.39 is 0 Å². The van der Waals surface area contributed by atoms with Crippen LogP contribution in [0.3, 0.4) is 0 Å². The van der Waals surface area contributed by atoms with E-state index in [2.05, 4.69) is 27.7 Å². The lowest BCUT2D eigenvalue weighted by molar-refractivity contribution is 0.114. The van der Waals surface area contributed by atoms with Gasteiger partial charge < -0.3 is 20.3 Å². The minimum Gasteiger partial charge on any atom is -0.490 e. The first kappa shape index (κ1) is 19.2. The number of likely N-dealkylation sites (tertiary alicyclic amines) is 1. The third-order valence-corrected chi connectivity index (χ3v) is 4.81. The molecule has 1 aromatic carbocycles. The Labute approximate surface area is 160 Å². The summed E-state index contributed by atoms with van der Waals surface area (Å²) in [6.45, 7) is 4.91. The summed E-state index contributed by atoms with van der Waals surface area (Å²) in [4.78, 5) is 14.5. The number of hydrogen-bond donors (Lipinski definition) is 2. The van der Waals surface area contributed by atoms with Gasteiger partial charge in [-0.2, -0.15) is 5.10 Å². The molecule has 1 aliphatic heterocycles. The molecule has 1 fully saturated rings. The molecule has 0 aliphatic carbocycles. The first-order valence-electron chi connectivity index (χ1n) is 9.59. The van der Waals surface area contributed by atoms with Crippen molar-refractivity contribution in [1.82, 2.24) is 20.0 Å². The van der Waals surface area contributed by atoms with Crippen LogP contribution in [0.2, 0.25) is 0 Å². The monoisotopic (exact) mass is 371 g/mol. The van der Waals surface area contributed by atoms with Gasteiger partial charge in [-0.25, -0.2) is 4.79 Å². The summed E-state index contributed by atoms with van der Waals surface area (Å²) in [6, 6.07) is 9.32. The standard InChI is InChI=1S/C20H29N5O2/c1-16(8-15-25-12-3-11-21-25)22-20(26)23-17-4-6-18(7-5-17)27-19-9-13-24(2)14-10-19/h3-7,11-12,16,19H,8-10,13-15H2,1-2H3,(H2,22,23,26). The number of piperidine rings is 1. The smallest absolute Gasteiger partial charge is 0.319 e. The molecule has 2 N–H and O–H groups in total. The van der Waals surface area contributed by atoms with Crippen molar-refractivity contribution in [2.24, 2.45) is 0 Å². The van der Waals surface area contributed by atoms with Crippen LogP contribution >= 0.6 is 0 Å². The maximum Gasteiger partial charge on any atom is 0.319 e. The number of nitrogens with zero attached hydrogens (tertiary/aromatic N) is 3. The van der Waals surface area contributed by atoms with E-state index in [-0.39, 0.29) is 18.2 Å². The fourth-order valence-electron chi connectivity index (χ4n) is 3.13. The molecule has 2 amide bonds. The molecule has 2 aromatic rings. The van der Waals surface area contributed by atoms with Crippen molar-refractivity contribution in [2.45, 2.75) is 44.9 Å². The third-order valence-electron chi connectivity index (χ3n) is 4.81. The Morgan fingerprint density at radius 3 is 2.70 bits per heavy atom. The minimum absolute atomic E-state index is 0.0567. The van der Waals surface area contributed by atoms with Crippen LogP contribution < -0.4 is 15.4 Å². The second-order valence-electron chi connectivity index (χ2n) is 7.20. The summed E-state index contributed by atoms with van der Waals surface area (Å²) in [5, 5.41) is 9.98. The topological polar surface area (TPSA) is 71.4 Å². The lowest BCUT2D eigenvalue weighted by Crippen LogP contribution is -2.36. The number of urea groups is 1. The zero-order valence-electron chi connectivity index (χ0n) is 16.1. The summed E-state index contributed by atoms with van der Waals surface area (Å²) < 4.78 is 7.89. The Kier molecular flexibility index (Phi) is 6.70. The molecule has 1 saturated heterocycles. The molecule has 0 spiro atoms. The van der Waals surface area contributed by atoms with Crippen LogP contribution in [-0.4, -0.2) is 53.0 Å². The largest absolute Gasteiger partial charge is 0.490 e. The van der Waals surface area contributed by atoms with E-state index >= 15 is 0 Å². The van der Waals surface area contributed by atoms with Crippen molar-refractivity contribution in [3.63, 3.8) is 0 Å². The zero-order chi connectivity index (χ0) is 19.1. The number of carbonyl (C=O) groups is 1. The number of ether oxygens (including phenoxy) is 1. The van der Waals surface area contributed by atoms with Crippen molar-refractivity contribution in [1.29, 1.82) is 0 Å². The molecule has 1 atom stereocenters. The van der Waals surface area contributed by atoms with Crippen LogP contribution in [0.5, 0.6) is 5.75 Å². The first-order valence-corrected chi connectivity index (χ1v) is 9.59. The Morgan fingerprint density at radius 1 is 1.30 bits per heavy atom. The predicted octanol–water partition coefficient (Wildman–Crippen LogP) is 2.96. The lowest BCUT2D eigenvalue weighted by Gasteiger charge is -2.29. The summed E-state index contributed by atoms with van der Waals surface area (Å²) in [5.41, 5.74) is 0.752. The highest BCUT2D eigenvalue weighted by Gasteiger charge is 2.18. The van der Waals surface area contributed by atoms with Gasteiger partial charge in [-0.3, -0.25) is 4.68 Å². The van der Waals surface area contributed by atoms with Crippen LogP contribution in [0.15, 0.2) is 42.7 Å². The molecule has 7 nitrogen and oxygen atoms in total. The average Bonchev–Trinajstić information content (AvgIpc) is 3.17. The second-order valence-corrected chi connectivity index (χ2v) is 7.20. The fourth-order valence-corrected chi connectivity index (χ4v) is 3.13. The molecule has 146 valence electrons. The summed E-state index contributed by atoms with van der Waals surface area (Å²) >= 11 is 0. The Morgan fingerprint density at radius 2 is 2.04 bits per heavy atom. The predicted molar refractivity (Wildman–Crippen MR) is 106 cm³/mol. The number of carbonyl (C=O) groups excluding carboxylic acids is 1. The molecule has 1 aromatic heterocycles. The van der Waals surface area contributed by atoms with E-state index in [1.807, 2.05) is 48.1 Å². The maximum absolute atomic E-state index is 12.1. The van der Waals surface area contributed by atoms with Crippen molar-refractivity contribution in [3.05, 3.63) is 42.7 Å². The van der Waals surface area contributed by atoms with Gasteiger partial charge in [-0.15, -0.1) is 0 Å². The van der Waals surface area contributed by atoms with E-state index in [4.69, 9.17) is 4.74 Å². The molecule has 0 bridgehead atoms. The van der Waals surface area contributed by atoms with E-state index in [1.54, 1.807) is 6.20 Å². The van der Waals surface area contributed by atoms with Crippen molar-refractivity contribution < 1.29 is 9.53 Å². The number of aromatic nitrogens is 2. The van der Waals surface area contributed by atoms with Gasteiger partial charge in [-0.05, 0) is 63.6 Å². The van der Waals surface area contributed by atoms with Gasteiger partial charge in [0.1, 0.15) is 11.9 Å². The molecule has 0 radical (unpaired) electrons. The number of rotatable bonds is 7. The fraction of sp³-hybridized carbons (Fsp3) is 0.500. The van der Waals surface area contributed by atoms with Crippen LogP contribution in [0, 0.1) is 0 Å². The molecular weight excluding hydrogens is 342 g/mol. The highest BCUT2D eigenvalue weighted by Crippen LogP contribution is 2.20. The van der Waals surface area contributed by atoms with E-state index in [1.165, 1.54) is 0 Å². The SMILES string of the molecule is CC(CCn1cccn1)NC(=O)Nc1ccc(OC2CCN(C)CC2)cc1. The van der Waals surface area contributed by atoms with Crippen molar-refractivity contribution in [2.75, 3.05) is 25.5 Å². The van der Waals surface area contributed by atoms with Gasteiger partial charge in [0.05, 0.1) is 0 Å². The van der Waals surface area contributed by atoms with E-state index in [0.717, 1.165) is 50.3 Å². The average molecular weight is 371 g/mol. The molecule has 2 heterocycles. The first-order chi connectivity index (χ1) is 13.1. The molecule has 1 aliphatic rings. The number of amides is 2. The zero-order valence-corrected chi connectivity index (χ0v) is 16.1. The van der Waals surface area contributed by atoms with Crippen molar-refractivity contribution in [3.8, 4) is 5.75 Å². The van der Waals surface area contributed by atoms with Crippen LogP contribution in [0.4, 0.5) is 10.5 Å². The van der Waals surface area contributed by atoms with Gasteiger partial charge in [0.25, 0.3) is 0 Å². The third kappa shape index (κ3) is 6.29. The number of hydrogen-bond acceptors (Lipinski definition) is 4. The Bertz CT molecular complexity index is 694. The van der Waals surface area contributed by atoms with E-state index in [0.29, 0.717) is 0 Å². The number of benzene rings is 1. The number of anilines is 1. The van der Waals surface area contributed by atoms with E-state index in [9.17, 15) is 4.79 Å². The van der Waals surface area contributed by atoms with Crippen LogP contribution in [0.25, 0.3) is 0 Å². The molecule has 1 unspecified atom stereocenters. The van der Waals surface area contributed by atoms with Gasteiger partial charge in [0, 0.05) is 43.8 Å². The van der Waals surface area contributed by atoms with Gasteiger partial charge in [0.2, 0.25) is 0 Å². The van der Waals surface area contributed by atoms with Gasteiger partial charge in [-0.1, -0.05) is 0 Å². The second kappa shape index (κ2) is 9.41.